The van der Waals surface area contributed by atoms with E-state index in [4.69, 9.17) is 28.3 Å². The molecule has 1 saturated heterocycles. The molecule has 186 valence electrons. The Balaban J connectivity index is 1.41. The lowest BCUT2D eigenvalue weighted by Crippen LogP contribution is -2.42. The summed E-state index contributed by atoms with van der Waals surface area (Å²) in [6.07, 6.45) is 5.76. The first kappa shape index (κ1) is 24.0. The molecule has 36 heavy (non-hydrogen) atoms. The van der Waals surface area contributed by atoms with Gasteiger partial charge in [-0.1, -0.05) is 41.8 Å². The zero-order valence-electron chi connectivity index (χ0n) is 19.5. The molecule has 1 aliphatic carbocycles. The van der Waals surface area contributed by atoms with E-state index >= 15 is 0 Å². The minimum absolute atomic E-state index is 0.182. The Morgan fingerprint density at radius 1 is 1.08 bits per heavy atom. The summed E-state index contributed by atoms with van der Waals surface area (Å²) >= 11 is 14.5. The third-order valence-corrected chi connectivity index (χ3v) is 8.89. The number of halogens is 3. The monoisotopic (exact) mass is 542 g/mol. The molecule has 5 nitrogen and oxygen atoms in total. The van der Waals surface area contributed by atoms with Crippen molar-refractivity contribution in [1.29, 1.82) is 0 Å². The number of nitrogens with zero attached hydrogens (tertiary/aromatic N) is 3. The van der Waals surface area contributed by atoms with Gasteiger partial charge >= 0.3 is 0 Å². The van der Waals surface area contributed by atoms with Crippen LogP contribution < -0.4 is 5.43 Å². The van der Waals surface area contributed by atoms with Crippen molar-refractivity contribution in [1.82, 2.24) is 20.2 Å². The Labute approximate surface area is 223 Å². The summed E-state index contributed by atoms with van der Waals surface area (Å²) < 4.78 is 15.1. The van der Waals surface area contributed by atoms with E-state index in [2.05, 4.69) is 10.4 Å². The van der Waals surface area contributed by atoms with Crippen LogP contribution in [0.3, 0.4) is 0 Å². The van der Waals surface area contributed by atoms with Crippen molar-refractivity contribution in [3.63, 3.8) is 0 Å². The maximum Gasteiger partial charge on any atom is 0.284 e. The Morgan fingerprint density at radius 3 is 2.56 bits per heavy atom. The molecule has 1 N–H and O–H groups in total. The quantitative estimate of drug-likeness (QED) is 0.409. The van der Waals surface area contributed by atoms with E-state index in [0.717, 1.165) is 41.2 Å². The van der Waals surface area contributed by atoms with Crippen molar-refractivity contribution in [2.24, 2.45) is 11.8 Å². The summed E-state index contributed by atoms with van der Waals surface area (Å²) in [7, 11) is 0. The molecule has 2 aromatic carbocycles. The molecule has 2 unspecified atom stereocenters. The van der Waals surface area contributed by atoms with Crippen LogP contribution >= 0.6 is 35.0 Å². The van der Waals surface area contributed by atoms with Crippen LogP contribution in [0, 0.1) is 17.7 Å². The van der Waals surface area contributed by atoms with Crippen molar-refractivity contribution < 1.29 is 9.18 Å². The van der Waals surface area contributed by atoms with Gasteiger partial charge in [0.2, 0.25) is 0 Å². The summed E-state index contributed by atoms with van der Waals surface area (Å²) in [6.45, 7) is 1.78. The third kappa shape index (κ3) is 4.58. The van der Waals surface area contributed by atoms with Crippen LogP contribution in [0.4, 0.5) is 4.39 Å². The van der Waals surface area contributed by atoms with Gasteiger partial charge in [-0.25, -0.2) is 14.1 Å². The van der Waals surface area contributed by atoms with E-state index in [1.807, 2.05) is 6.08 Å². The van der Waals surface area contributed by atoms with E-state index in [9.17, 15) is 9.18 Å². The number of carbonyl (C=O) groups is 1. The highest BCUT2D eigenvalue weighted by atomic mass is 35.5. The highest BCUT2D eigenvalue weighted by molar-refractivity contribution is 7.99. The van der Waals surface area contributed by atoms with Gasteiger partial charge in [0.25, 0.3) is 5.91 Å². The van der Waals surface area contributed by atoms with E-state index in [0.29, 0.717) is 39.0 Å². The van der Waals surface area contributed by atoms with E-state index in [1.54, 1.807) is 46.8 Å². The van der Waals surface area contributed by atoms with Crippen molar-refractivity contribution in [3.8, 4) is 5.69 Å². The molecule has 2 fully saturated rings. The number of rotatable bonds is 4. The fraction of sp³-hybridized carbons (Fsp3) is 0.333. The van der Waals surface area contributed by atoms with Crippen LogP contribution in [-0.4, -0.2) is 39.5 Å². The molecule has 0 bridgehead atoms. The van der Waals surface area contributed by atoms with Gasteiger partial charge in [-0.15, -0.1) is 0 Å². The van der Waals surface area contributed by atoms with Crippen molar-refractivity contribution >= 4 is 52.5 Å². The Kier molecular flexibility index (Phi) is 6.58. The molecule has 3 aromatic rings. The summed E-state index contributed by atoms with van der Waals surface area (Å²) in [5, 5.41) is 7.91. The Hall–Kier alpha value is -2.32. The zero-order valence-corrected chi connectivity index (χ0v) is 21.8. The highest BCUT2D eigenvalue weighted by Crippen LogP contribution is 2.39. The molecule has 9 heteroatoms. The van der Waals surface area contributed by atoms with Crippen LogP contribution in [0.25, 0.3) is 17.3 Å². The average Bonchev–Trinajstić information content (AvgIpc) is 3.54. The van der Waals surface area contributed by atoms with Crippen LogP contribution in [-0.2, 0) is 5.75 Å². The summed E-state index contributed by atoms with van der Waals surface area (Å²) in [5.41, 5.74) is 7.78. The van der Waals surface area contributed by atoms with Crippen molar-refractivity contribution in [3.05, 3.63) is 80.8 Å². The number of nitrogens with one attached hydrogen (secondary N) is 1. The van der Waals surface area contributed by atoms with Crippen LogP contribution in [0.2, 0.25) is 10.0 Å². The van der Waals surface area contributed by atoms with Gasteiger partial charge in [-0.3, -0.25) is 10.2 Å². The highest BCUT2D eigenvalue weighted by Gasteiger charge is 2.38. The average molecular weight is 543 g/mol. The molecule has 2 aliphatic heterocycles. The number of carbonyl (C=O) groups excluding carboxylic acids is 1. The first-order chi connectivity index (χ1) is 17.5. The number of hydrogen-bond acceptors (Lipinski definition) is 4. The molecule has 3 aliphatic rings. The van der Waals surface area contributed by atoms with Gasteiger partial charge in [0.05, 0.1) is 16.4 Å². The van der Waals surface area contributed by atoms with Crippen LogP contribution in [0.15, 0.2) is 42.5 Å². The van der Waals surface area contributed by atoms with Gasteiger partial charge in [-0.2, -0.15) is 16.9 Å². The van der Waals surface area contributed by atoms with Crippen molar-refractivity contribution in [2.75, 3.05) is 18.8 Å². The maximum atomic E-state index is 13.8. The number of benzene rings is 2. The predicted molar refractivity (Wildman–Crippen MR) is 144 cm³/mol. The summed E-state index contributed by atoms with van der Waals surface area (Å²) in [5.74, 6) is 2.27. The smallest absolute Gasteiger partial charge is 0.283 e. The fourth-order valence-electron chi connectivity index (χ4n) is 5.63. The zero-order chi connectivity index (χ0) is 24.8. The largest absolute Gasteiger partial charge is 0.284 e. The number of hydrogen-bond donors (Lipinski definition) is 1. The molecule has 1 amide bonds. The SMILES string of the molecule is O=C(NN1CC2CCCC2C1)c1c2c(nn1-c1ccc(Cl)cc1Cl)/C(=C/c1ccc(F)cc1)CSC2. The molecule has 0 radical (unpaired) electrons. The predicted octanol–water partition coefficient (Wildman–Crippen LogP) is 6.48. The molecule has 0 spiro atoms. The second kappa shape index (κ2) is 9.86. The minimum Gasteiger partial charge on any atom is -0.283 e. The van der Waals surface area contributed by atoms with Gasteiger partial charge in [0.15, 0.2) is 0 Å². The lowest BCUT2D eigenvalue weighted by Gasteiger charge is -2.20. The topological polar surface area (TPSA) is 50.2 Å². The maximum absolute atomic E-state index is 13.8. The van der Waals surface area contributed by atoms with Gasteiger partial charge < -0.3 is 0 Å². The summed E-state index contributed by atoms with van der Waals surface area (Å²) in [4.78, 5) is 13.8. The summed E-state index contributed by atoms with van der Waals surface area (Å²) in [6, 6.07) is 11.6. The first-order valence-electron chi connectivity index (χ1n) is 12.1. The number of fused-ring (bicyclic) bond motifs is 2. The van der Waals surface area contributed by atoms with Crippen LogP contribution in [0.5, 0.6) is 0 Å². The number of aromatic nitrogens is 2. The molecule has 3 heterocycles. The first-order valence-corrected chi connectivity index (χ1v) is 14.0. The molecule has 6 rings (SSSR count). The molecular weight excluding hydrogens is 518 g/mol. The van der Waals surface area contributed by atoms with E-state index in [-0.39, 0.29) is 11.7 Å². The molecule has 1 aromatic heterocycles. The number of thioether (sulfide) groups is 1. The van der Waals surface area contributed by atoms with Gasteiger partial charge in [0, 0.05) is 35.2 Å². The minimum atomic E-state index is -0.275. The second-order valence-electron chi connectivity index (χ2n) is 9.69. The second-order valence-corrected chi connectivity index (χ2v) is 11.5. The normalized spacial score (nSPS) is 22.6. The lowest BCUT2D eigenvalue weighted by atomic mass is 10.0. The van der Waals surface area contributed by atoms with E-state index in [1.165, 1.54) is 31.4 Å². The standard InChI is InChI=1S/C27H25Cl2FN4OS/c28-20-6-9-24(23(29)11-20)34-26(27(35)32-33-12-17-2-1-3-18(17)13-33)22-15-36-14-19(25(22)31-34)10-16-4-7-21(30)8-5-16/h4-11,17-18H,1-3,12-15H2,(H,32,35)/b19-10+. The Morgan fingerprint density at radius 2 is 1.83 bits per heavy atom. The van der Waals surface area contributed by atoms with Crippen molar-refractivity contribution in [2.45, 2.75) is 25.0 Å². The lowest BCUT2D eigenvalue weighted by molar-refractivity contribution is 0.0805. The molecule has 1 saturated carbocycles. The third-order valence-electron chi connectivity index (χ3n) is 7.34. The molecule has 2 atom stereocenters. The number of hydrazine groups is 1. The van der Waals surface area contributed by atoms with E-state index < -0.39 is 0 Å². The Bertz CT molecular complexity index is 1340. The van der Waals surface area contributed by atoms with Crippen LogP contribution in [0.1, 0.15) is 46.6 Å². The number of amides is 1. The molecular formula is C27H25Cl2FN4OS. The fourth-order valence-corrected chi connectivity index (χ4v) is 7.14. The van der Waals surface area contributed by atoms with Gasteiger partial charge in [-0.05, 0) is 72.2 Å². The van der Waals surface area contributed by atoms with Gasteiger partial charge in [0.1, 0.15) is 11.5 Å².